The summed E-state index contributed by atoms with van der Waals surface area (Å²) in [5.41, 5.74) is 0.571. The summed E-state index contributed by atoms with van der Waals surface area (Å²) in [6.07, 6.45) is 2.52. The summed E-state index contributed by atoms with van der Waals surface area (Å²) in [6, 6.07) is 4.86. The first-order chi connectivity index (χ1) is 9.47. The number of carbonyl (C=O) groups excluding carboxylic acids is 1. The van der Waals surface area contributed by atoms with Crippen LogP contribution in [0.15, 0.2) is 18.2 Å². The summed E-state index contributed by atoms with van der Waals surface area (Å²) in [5.74, 6) is -1.67. The van der Waals surface area contributed by atoms with Crippen molar-refractivity contribution in [1.29, 1.82) is 0 Å². The van der Waals surface area contributed by atoms with Gasteiger partial charge in [-0.2, -0.15) is 0 Å². The summed E-state index contributed by atoms with van der Waals surface area (Å²) in [5, 5.41) is 12.6. The van der Waals surface area contributed by atoms with Crippen molar-refractivity contribution in [2.75, 3.05) is 5.32 Å². The fourth-order valence-corrected chi connectivity index (χ4v) is 2.77. The van der Waals surface area contributed by atoms with E-state index in [0.29, 0.717) is 28.6 Å². The van der Waals surface area contributed by atoms with Crippen LogP contribution in [0.3, 0.4) is 0 Å². The smallest absolute Gasteiger partial charge is 0.306 e. The quantitative estimate of drug-likeness (QED) is 0.891. The molecule has 4 nitrogen and oxygen atoms in total. The Balaban J connectivity index is 2.00. The minimum Gasteiger partial charge on any atom is -0.481 e. The van der Waals surface area contributed by atoms with Crippen molar-refractivity contribution in [3.05, 3.63) is 28.2 Å². The lowest BCUT2D eigenvalue weighted by Gasteiger charge is -2.25. The average Bonchev–Trinajstić information content (AvgIpc) is 2.43. The summed E-state index contributed by atoms with van der Waals surface area (Å²) in [7, 11) is 0. The van der Waals surface area contributed by atoms with Crippen molar-refractivity contribution in [3.8, 4) is 0 Å². The predicted octanol–water partition coefficient (Wildman–Crippen LogP) is 3.82. The van der Waals surface area contributed by atoms with E-state index in [-0.39, 0.29) is 11.8 Å². The molecule has 1 fully saturated rings. The van der Waals surface area contributed by atoms with Crippen LogP contribution in [0.25, 0.3) is 0 Å². The van der Waals surface area contributed by atoms with Gasteiger partial charge in [0.1, 0.15) is 0 Å². The van der Waals surface area contributed by atoms with E-state index in [9.17, 15) is 9.59 Å². The first-order valence-corrected chi connectivity index (χ1v) is 7.21. The molecule has 0 bridgehead atoms. The van der Waals surface area contributed by atoms with Gasteiger partial charge in [-0.25, -0.2) is 0 Å². The van der Waals surface area contributed by atoms with E-state index in [1.807, 2.05) is 0 Å². The topological polar surface area (TPSA) is 66.4 Å². The van der Waals surface area contributed by atoms with E-state index in [1.165, 1.54) is 0 Å². The van der Waals surface area contributed by atoms with E-state index in [0.717, 1.165) is 12.8 Å². The SMILES string of the molecule is O=C(O)C1CCCC(C(=O)Nc2ccc(Cl)c(Cl)c2)C1. The maximum absolute atomic E-state index is 12.2. The standard InChI is InChI=1S/C14H15Cl2NO3/c15-11-5-4-10(7-12(11)16)17-13(18)8-2-1-3-9(6-8)14(19)20/h4-5,7-9H,1-3,6H2,(H,17,18)(H,19,20). The summed E-state index contributed by atoms with van der Waals surface area (Å²) in [4.78, 5) is 23.2. The number of carboxylic acids is 1. The molecule has 0 aromatic heterocycles. The number of hydrogen-bond donors (Lipinski definition) is 2. The van der Waals surface area contributed by atoms with Gasteiger partial charge >= 0.3 is 5.97 Å². The first-order valence-electron chi connectivity index (χ1n) is 6.46. The molecule has 20 heavy (non-hydrogen) atoms. The van der Waals surface area contributed by atoms with Crippen molar-refractivity contribution < 1.29 is 14.7 Å². The number of rotatable bonds is 3. The molecule has 0 radical (unpaired) electrons. The van der Waals surface area contributed by atoms with Crippen LogP contribution in [0.4, 0.5) is 5.69 Å². The molecule has 1 amide bonds. The van der Waals surface area contributed by atoms with Gasteiger partial charge in [-0.15, -0.1) is 0 Å². The van der Waals surface area contributed by atoms with Gasteiger partial charge in [0.05, 0.1) is 16.0 Å². The van der Waals surface area contributed by atoms with E-state index in [2.05, 4.69) is 5.32 Å². The maximum atomic E-state index is 12.2. The van der Waals surface area contributed by atoms with Crippen LogP contribution in [-0.2, 0) is 9.59 Å². The Hall–Kier alpha value is -1.26. The summed E-state index contributed by atoms with van der Waals surface area (Å²) >= 11 is 11.7. The molecule has 1 aromatic rings. The van der Waals surface area contributed by atoms with Crippen LogP contribution in [0, 0.1) is 11.8 Å². The Kier molecular flexibility index (Phi) is 4.89. The highest BCUT2D eigenvalue weighted by atomic mass is 35.5. The Morgan fingerprint density at radius 3 is 2.50 bits per heavy atom. The van der Waals surface area contributed by atoms with Crippen molar-refractivity contribution in [1.82, 2.24) is 0 Å². The Morgan fingerprint density at radius 2 is 1.85 bits per heavy atom. The van der Waals surface area contributed by atoms with Crippen molar-refractivity contribution in [2.24, 2.45) is 11.8 Å². The molecule has 2 unspecified atom stereocenters. The number of carboxylic acid groups (broad SMARTS) is 1. The molecular formula is C14H15Cl2NO3. The lowest BCUT2D eigenvalue weighted by molar-refractivity contribution is -0.143. The Labute approximate surface area is 127 Å². The van der Waals surface area contributed by atoms with Crippen molar-refractivity contribution in [3.63, 3.8) is 0 Å². The van der Waals surface area contributed by atoms with Crippen molar-refractivity contribution >= 4 is 40.8 Å². The van der Waals surface area contributed by atoms with Gasteiger partial charge in [0.15, 0.2) is 0 Å². The van der Waals surface area contributed by atoms with E-state index in [4.69, 9.17) is 28.3 Å². The molecular weight excluding hydrogens is 301 g/mol. The van der Waals surface area contributed by atoms with Gasteiger partial charge in [-0.1, -0.05) is 29.6 Å². The average molecular weight is 316 g/mol. The van der Waals surface area contributed by atoms with E-state index < -0.39 is 11.9 Å². The molecule has 2 N–H and O–H groups in total. The van der Waals surface area contributed by atoms with Crippen LogP contribution in [0.5, 0.6) is 0 Å². The zero-order chi connectivity index (χ0) is 14.7. The van der Waals surface area contributed by atoms with Crippen LogP contribution >= 0.6 is 23.2 Å². The molecule has 0 heterocycles. The third-order valence-corrected chi connectivity index (χ3v) is 4.32. The maximum Gasteiger partial charge on any atom is 0.306 e. The highest BCUT2D eigenvalue weighted by Gasteiger charge is 2.31. The van der Waals surface area contributed by atoms with Crippen LogP contribution < -0.4 is 5.32 Å². The van der Waals surface area contributed by atoms with Gasteiger partial charge in [-0.05, 0) is 37.5 Å². The molecule has 1 aliphatic carbocycles. The Bertz CT molecular complexity index is 533. The predicted molar refractivity (Wildman–Crippen MR) is 78.2 cm³/mol. The minimum absolute atomic E-state index is 0.158. The molecule has 108 valence electrons. The number of nitrogens with one attached hydrogen (secondary N) is 1. The highest BCUT2D eigenvalue weighted by molar-refractivity contribution is 6.42. The molecule has 1 aromatic carbocycles. The molecule has 0 aliphatic heterocycles. The zero-order valence-electron chi connectivity index (χ0n) is 10.7. The largest absolute Gasteiger partial charge is 0.481 e. The van der Waals surface area contributed by atoms with Crippen LogP contribution in [-0.4, -0.2) is 17.0 Å². The third kappa shape index (κ3) is 3.64. The fourth-order valence-electron chi connectivity index (χ4n) is 2.47. The molecule has 2 rings (SSSR count). The first kappa shape index (κ1) is 15.1. The van der Waals surface area contributed by atoms with E-state index >= 15 is 0 Å². The van der Waals surface area contributed by atoms with Gasteiger partial charge in [-0.3, -0.25) is 9.59 Å². The molecule has 2 atom stereocenters. The molecule has 0 spiro atoms. The normalized spacial score (nSPS) is 22.3. The second-order valence-electron chi connectivity index (χ2n) is 5.02. The number of anilines is 1. The Morgan fingerprint density at radius 1 is 1.15 bits per heavy atom. The number of carbonyl (C=O) groups is 2. The number of benzene rings is 1. The minimum atomic E-state index is -0.822. The van der Waals surface area contributed by atoms with Gasteiger partial charge in [0.2, 0.25) is 5.91 Å². The lowest BCUT2D eigenvalue weighted by atomic mass is 9.81. The number of halogens is 2. The second-order valence-corrected chi connectivity index (χ2v) is 5.83. The summed E-state index contributed by atoms with van der Waals surface area (Å²) < 4.78 is 0. The zero-order valence-corrected chi connectivity index (χ0v) is 12.2. The molecule has 1 aliphatic rings. The number of amides is 1. The molecule has 1 saturated carbocycles. The summed E-state index contributed by atoms with van der Waals surface area (Å²) in [6.45, 7) is 0. The van der Waals surface area contributed by atoms with E-state index in [1.54, 1.807) is 18.2 Å². The fraction of sp³-hybridized carbons (Fsp3) is 0.429. The van der Waals surface area contributed by atoms with Gasteiger partial charge in [0, 0.05) is 11.6 Å². The molecule has 0 saturated heterocycles. The third-order valence-electron chi connectivity index (χ3n) is 3.58. The second kappa shape index (κ2) is 6.46. The lowest BCUT2D eigenvalue weighted by Crippen LogP contribution is -2.30. The van der Waals surface area contributed by atoms with Crippen LogP contribution in [0.2, 0.25) is 10.0 Å². The highest BCUT2D eigenvalue weighted by Crippen LogP contribution is 2.31. The van der Waals surface area contributed by atoms with Crippen LogP contribution in [0.1, 0.15) is 25.7 Å². The van der Waals surface area contributed by atoms with Crippen molar-refractivity contribution in [2.45, 2.75) is 25.7 Å². The number of aliphatic carboxylic acids is 1. The molecule has 6 heteroatoms. The number of hydrogen-bond acceptors (Lipinski definition) is 2. The van der Waals surface area contributed by atoms with Gasteiger partial charge in [0.25, 0.3) is 0 Å². The van der Waals surface area contributed by atoms with Gasteiger partial charge < -0.3 is 10.4 Å². The monoisotopic (exact) mass is 315 g/mol.